The fraction of sp³-hybridized carbons (Fsp3) is 0.324. The number of amides is 1. The molecule has 41 heavy (non-hydrogen) atoms. The van der Waals surface area contributed by atoms with Gasteiger partial charge in [0, 0.05) is 35.3 Å². The lowest BCUT2D eigenvalue weighted by Gasteiger charge is -2.28. The van der Waals surface area contributed by atoms with E-state index in [1.165, 1.54) is 33.1 Å². The number of nitrogens with zero attached hydrogens (tertiary/aromatic N) is 3. The molecule has 1 N–H and O–H groups in total. The molecule has 1 heterocycles. The van der Waals surface area contributed by atoms with Crippen molar-refractivity contribution in [2.45, 2.75) is 53.1 Å². The van der Waals surface area contributed by atoms with Gasteiger partial charge in [0.15, 0.2) is 0 Å². The zero-order valence-electron chi connectivity index (χ0n) is 24.5. The summed E-state index contributed by atoms with van der Waals surface area (Å²) in [6.45, 7) is 12.7. The molecule has 0 saturated carbocycles. The van der Waals surface area contributed by atoms with Crippen LogP contribution in [-0.2, 0) is 23.3 Å². The fourth-order valence-corrected chi connectivity index (χ4v) is 5.50. The number of benzene rings is 3. The first-order chi connectivity index (χ1) is 19.5. The van der Waals surface area contributed by atoms with Crippen LogP contribution in [0.25, 0.3) is 11.3 Å². The molecule has 4 rings (SSSR count). The summed E-state index contributed by atoms with van der Waals surface area (Å²) >= 11 is 1.43. The molecule has 0 saturated heterocycles. The van der Waals surface area contributed by atoms with Crippen molar-refractivity contribution in [2.24, 2.45) is 5.92 Å². The number of carbonyl (C=O) groups is 2. The second kappa shape index (κ2) is 13.1. The van der Waals surface area contributed by atoms with Crippen LogP contribution in [0, 0.1) is 5.92 Å². The molecule has 0 fully saturated rings. The maximum Gasteiger partial charge on any atom is 0.323 e. The molecule has 0 bridgehead atoms. The van der Waals surface area contributed by atoms with E-state index >= 15 is 0 Å². The third-order valence-corrected chi connectivity index (χ3v) is 7.65. The Kier molecular flexibility index (Phi) is 9.61. The van der Waals surface area contributed by atoms with E-state index in [-0.39, 0.29) is 24.4 Å². The summed E-state index contributed by atoms with van der Waals surface area (Å²) in [4.78, 5) is 32.9. The van der Waals surface area contributed by atoms with Gasteiger partial charge in [0.05, 0.1) is 12.2 Å². The van der Waals surface area contributed by atoms with Crippen molar-refractivity contribution in [1.29, 1.82) is 0 Å². The van der Waals surface area contributed by atoms with Crippen LogP contribution in [0.15, 0.2) is 84.2 Å². The van der Waals surface area contributed by atoms with Crippen LogP contribution in [0.1, 0.15) is 61.1 Å². The van der Waals surface area contributed by atoms with Crippen molar-refractivity contribution in [2.75, 3.05) is 18.0 Å². The predicted molar refractivity (Wildman–Crippen MR) is 167 cm³/mol. The number of hydrogen-bond acceptors (Lipinski definition) is 5. The summed E-state index contributed by atoms with van der Waals surface area (Å²) in [6, 6.07) is 26.1. The highest BCUT2D eigenvalue weighted by Crippen LogP contribution is 2.28. The van der Waals surface area contributed by atoms with E-state index in [0.29, 0.717) is 16.5 Å². The minimum absolute atomic E-state index is 0.124. The van der Waals surface area contributed by atoms with Gasteiger partial charge in [-0.15, -0.1) is 11.3 Å². The van der Waals surface area contributed by atoms with Crippen LogP contribution in [-0.4, -0.2) is 40.0 Å². The van der Waals surface area contributed by atoms with Gasteiger partial charge >= 0.3 is 5.97 Å². The summed E-state index contributed by atoms with van der Waals surface area (Å²) in [5, 5.41) is 12.0. The molecule has 1 amide bonds. The summed E-state index contributed by atoms with van der Waals surface area (Å²) < 4.78 is 0. The normalized spacial score (nSPS) is 11.5. The molecule has 1 aromatic heterocycles. The van der Waals surface area contributed by atoms with E-state index in [4.69, 9.17) is 4.98 Å². The first-order valence-electron chi connectivity index (χ1n) is 13.9. The zero-order chi connectivity index (χ0) is 29.6. The first-order valence-corrected chi connectivity index (χ1v) is 14.8. The Morgan fingerprint density at radius 2 is 1.56 bits per heavy atom. The summed E-state index contributed by atoms with van der Waals surface area (Å²) in [5.41, 5.74) is 6.14. The molecule has 0 spiro atoms. The zero-order valence-corrected chi connectivity index (χ0v) is 25.3. The number of hydrogen-bond donors (Lipinski definition) is 1. The molecule has 0 aliphatic rings. The Labute approximate surface area is 247 Å². The molecular weight excluding hydrogens is 530 g/mol. The van der Waals surface area contributed by atoms with Gasteiger partial charge in [-0.05, 0) is 46.7 Å². The van der Waals surface area contributed by atoms with Crippen molar-refractivity contribution in [3.8, 4) is 11.3 Å². The fourth-order valence-electron chi connectivity index (χ4n) is 4.68. The summed E-state index contributed by atoms with van der Waals surface area (Å²) in [5.74, 6) is -0.856. The number of aromatic nitrogens is 1. The van der Waals surface area contributed by atoms with Gasteiger partial charge in [-0.25, -0.2) is 4.98 Å². The van der Waals surface area contributed by atoms with Gasteiger partial charge in [-0.3, -0.25) is 9.59 Å². The molecule has 7 heteroatoms. The number of aliphatic carboxylic acids is 1. The summed E-state index contributed by atoms with van der Waals surface area (Å²) in [7, 11) is 0. The van der Waals surface area contributed by atoms with Crippen molar-refractivity contribution in [1.82, 2.24) is 9.88 Å². The molecule has 214 valence electrons. The van der Waals surface area contributed by atoms with Gasteiger partial charge in [0.2, 0.25) is 0 Å². The third kappa shape index (κ3) is 8.27. The standard InChI is InChI=1S/C34H39N3O3S/c1-24(2)19-36(29-17-15-28(16-18-29)34(3,4)5)20-25-11-13-26(14-12-25)30-23-41-31(35-30)21-37(22-32(38)39)33(40)27-9-7-6-8-10-27/h6-18,23-24H,19-22H2,1-5H3,(H,38,39). The first kappa shape index (κ1) is 30.0. The molecule has 4 aromatic rings. The van der Waals surface area contributed by atoms with Gasteiger partial charge in [0.25, 0.3) is 5.91 Å². The summed E-state index contributed by atoms with van der Waals surface area (Å²) in [6.07, 6.45) is 0. The molecule has 0 radical (unpaired) electrons. The lowest BCUT2D eigenvalue weighted by Crippen LogP contribution is -2.35. The maximum absolute atomic E-state index is 13.0. The second-order valence-electron chi connectivity index (χ2n) is 11.8. The van der Waals surface area contributed by atoms with E-state index in [1.54, 1.807) is 24.3 Å². The van der Waals surface area contributed by atoms with E-state index in [1.807, 2.05) is 11.4 Å². The van der Waals surface area contributed by atoms with Gasteiger partial charge in [0.1, 0.15) is 11.6 Å². The van der Waals surface area contributed by atoms with Crippen molar-refractivity contribution < 1.29 is 14.7 Å². The Morgan fingerprint density at radius 1 is 0.902 bits per heavy atom. The average molecular weight is 570 g/mol. The number of rotatable bonds is 11. The SMILES string of the molecule is CC(C)CN(Cc1ccc(-c2csc(CN(CC(=O)O)C(=O)c3ccccc3)n2)cc1)c1ccc(C(C)(C)C)cc1. The number of thiazole rings is 1. The smallest absolute Gasteiger partial charge is 0.323 e. The monoisotopic (exact) mass is 569 g/mol. The second-order valence-corrected chi connectivity index (χ2v) is 12.8. The van der Waals surface area contributed by atoms with E-state index in [2.05, 4.69) is 88.0 Å². The van der Waals surface area contributed by atoms with Crippen LogP contribution < -0.4 is 4.90 Å². The Bertz CT molecular complexity index is 1440. The number of carbonyl (C=O) groups excluding carboxylic acids is 1. The van der Waals surface area contributed by atoms with Gasteiger partial charge in [-0.2, -0.15) is 0 Å². The highest BCUT2D eigenvalue weighted by molar-refractivity contribution is 7.09. The van der Waals surface area contributed by atoms with Gasteiger partial charge < -0.3 is 14.9 Å². The average Bonchev–Trinajstić information content (AvgIpc) is 3.40. The molecule has 6 nitrogen and oxygen atoms in total. The minimum Gasteiger partial charge on any atom is -0.480 e. The highest BCUT2D eigenvalue weighted by Gasteiger charge is 2.21. The molecule has 0 aliphatic heterocycles. The Balaban J connectivity index is 1.46. The number of carboxylic acids is 1. The van der Waals surface area contributed by atoms with Crippen molar-refractivity contribution >= 4 is 28.9 Å². The van der Waals surface area contributed by atoms with Crippen LogP contribution in [0.2, 0.25) is 0 Å². The number of carboxylic acid groups (broad SMARTS) is 1. The van der Waals surface area contributed by atoms with Crippen LogP contribution in [0.5, 0.6) is 0 Å². The highest BCUT2D eigenvalue weighted by atomic mass is 32.1. The largest absolute Gasteiger partial charge is 0.480 e. The van der Waals surface area contributed by atoms with Crippen LogP contribution in [0.3, 0.4) is 0 Å². The Hall–Kier alpha value is -3.97. The quantitative estimate of drug-likeness (QED) is 0.202. The topological polar surface area (TPSA) is 73.7 Å². The lowest BCUT2D eigenvalue weighted by molar-refractivity contribution is -0.137. The molecule has 0 unspecified atom stereocenters. The predicted octanol–water partition coefficient (Wildman–Crippen LogP) is 7.50. The van der Waals surface area contributed by atoms with Crippen molar-refractivity contribution in [3.05, 3.63) is 106 Å². The van der Waals surface area contributed by atoms with Crippen molar-refractivity contribution in [3.63, 3.8) is 0 Å². The number of anilines is 1. The molecule has 0 atom stereocenters. The minimum atomic E-state index is -1.06. The molecular formula is C34H39N3O3S. The van der Waals surface area contributed by atoms with E-state index < -0.39 is 5.97 Å². The van der Waals surface area contributed by atoms with Crippen LogP contribution in [0.4, 0.5) is 5.69 Å². The van der Waals surface area contributed by atoms with Crippen LogP contribution >= 0.6 is 11.3 Å². The third-order valence-electron chi connectivity index (χ3n) is 6.82. The maximum atomic E-state index is 13.0. The van der Waals surface area contributed by atoms with E-state index in [0.717, 1.165) is 24.3 Å². The molecule has 3 aromatic carbocycles. The van der Waals surface area contributed by atoms with Gasteiger partial charge in [-0.1, -0.05) is 89.2 Å². The lowest BCUT2D eigenvalue weighted by atomic mass is 9.87. The van der Waals surface area contributed by atoms with E-state index in [9.17, 15) is 14.7 Å². The molecule has 0 aliphatic carbocycles. The Morgan fingerprint density at radius 3 is 2.15 bits per heavy atom.